The van der Waals surface area contributed by atoms with E-state index in [0.717, 1.165) is 5.56 Å². The van der Waals surface area contributed by atoms with Crippen molar-refractivity contribution in [3.8, 4) is 0 Å². The van der Waals surface area contributed by atoms with Gasteiger partial charge in [-0.2, -0.15) is 0 Å². The number of anilines is 1. The van der Waals surface area contributed by atoms with Gasteiger partial charge in [-0.1, -0.05) is 55.5 Å². The number of rotatable bonds is 8. The van der Waals surface area contributed by atoms with E-state index in [2.05, 4.69) is 5.32 Å². The van der Waals surface area contributed by atoms with Crippen molar-refractivity contribution in [2.24, 2.45) is 0 Å². The summed E-state index contributed by atoms with van der Waals surface area (Å²) in [5.74, 6) is -0.916. The molecule has 0 aliphatic heterocycles. The highest BCUT2D eigenvalue weighted by atomic mass is 16.5. The van der Waals surface area contributed by atoms with Gasteiger partial charge in [-0.05, 0) is 47.9 Å². The molecule has 30 heavy (non-hydrogen) atoms. The lowest BCUT2D eigenvalue weighted by Gasteiger charge is -2.11. The Balaban J connectivity index is 1.48. The average Bonchev–Trinajstić information content (AvgIpc) is 2.79. The average molecular weight is 401 g/mol. The Kier molecular flexibility index (Phi) is 7.11. The van der Waals surface area contributed by atoms with Crippen molar-refractivity contribution in [2.45, 2.75) is 19.3 Å². The summed E-state index contributed by atoms with van der Waals surface area (Å²) in [6.45, 7) is 1.64. The summed E-state index contributed by atoms with van der Waals surface area (Å²) in [6, 6.07) is 25.0. The maximum Gasteiger partial charge on any atom is 0.306 e. The predicted octanol–water partition coefficient (Wildman–Crippen LogP) is 4.86. The third-order valence-corrected chi connectivity index (χ3v) is 4.71. The number of carbonyl (C=O) groups is 3. The molecule has 1 N–H and O–H groups in total. The molecule has 0 fully saturated rings. The van der Waals surface area contributed by atoms with Gasteiger partial charge in [0.2, 0.25) is 0 Å². The second-order valence-electron chi connectivity index (χ2n) is 7.00. The molecule has 0 aliphatic carbocycles. The van der Waals surface area contributed by atoms with Crippen molar-refractivity contribution in [3.63, 3.8) is 0 Å². The zero-order valence-electron chi connectivity index (χ0n) is 16.7. The van der Waals surface area contributed by atoms with E-state index in [9.17, 15) is 14.4 Å². The molecule has 0 aliphatic rings. The standard InChI is InChI=1S/C25H23NO4/c1-18(19-8-4-2-5-9-19)16-24(28)30-17-23(27)20-12-14-22(15-13-20)26-25(29)21-10-6-3-7-11-21/h2-15,18H,16-17H2,1H3,(H,26,29)/t18-/m1/s1. The van der Waals surface area contributed by atoms with Crippen molar-refractivity contribution < 1.29 is 19.1 Å². The van der Waals surface area contributed by atoms with Crippen molar-refractivity contribution in [3.05, 3.63) is 102 Å². The molecule has 0 radical (unpaired) electrons. The first kappa shape index (κ1) is 21.0. The van der Waals surface area contributed by atoms with Gasteiger partial charge in [-0.25, -0.2) is 0 Å². The molecule has 0 spiro atoms. The molecule has 0 saturated carbocycles. The number of esters is 1. The molecule has 0 heterocycles. The van der Waals surface area contributed by atoms with Crippen molar-refractivity contribution >= 4 is 23.3 Å². The minimum Gasteiger partial charge on any atom is -0.457 e. The number of hydrogen-bond donors (Lipinski definition) is 1. The summed E-state index contributed by atoms with van der Waals surface area (Å²) in [5, 5.41) is 2.78. The topological polar surface area (TPSA) is 72.5 Å². The van der Waals surface area contributed by atoms with Crippen molar-refractivity contribution in [1.82, 2.24) is 0 Å². The molecule has 5 nitrogen and oxygen atoms in total. The zero-order valence-corrected chi connectivity index (χ0v) is 16.7. The van der Waals surface area contributed by atoms with Crippen molar-refractivity contribution in [1.29, 1.82) is 0 Å². The molecule has 0 aromatic heterocycles. The zero-order chi connectivity index (χ0) is 21.3. The highest BCUT2D eigenvalue weighted by molar-refractivity contribution is 6.04. The van der Waals surface area contributed by atoms with E-state index >= 15 is 0 Å². The van der Waals surface area contributed by atoms with Gasteiger partial charge in [-0.3, -0.25) is 14.4 Å². The quantitative estimate of drug-likeness (QED) is 0.432. The number of ketones is 1. The van der Waals surface area contributed by atoms with Gasteiger partial charge in [0.1, 0.15) is 0 Å². The molecular weight excluding hydrogens is 378 g/mol. The Hall–Kier alpha value is -3.73. The van der Waals surface area contributed by atoms with Gasteiger partial charge >= 0.3 is 5.97 Å². The monoisotopic (exact) mass is 401 g/mol. The van der Waals surface area contributed by atoms with Gasteiger partial charge in [-0.15, -0.1) is 0 Å². The van der Waals surface area contributed by atoms with Gasteiger partial charge in [0.25, 0.3) is 5.91 Å². The molecule has 0 bridgehead atoms. The van der Waals surface area contributed by atoms with E-state index in [1.165, 1.54) is 0 Å². The fourth-order valence-electron chi connectivity index (χ4n) is 2.97. The molecule has 3 aromatic rings. The maximum atomic E-state index is 12.3. The second-order valence-corrected chi connectivity index (χ2v) is 7.00. The van der Waals surface area contributed by atoms with Crippen molar-refractivity contribution in [2.75, 3.05) is 11.9 Å². The van der Waals surface area contributed by atoms with Crippen LogP contribution in [0.5, 0.6) is 0 Å². The first-order chi connectivity index (χ1) is 14.5. The third kappa shape index (κ3) is 5.88. The first-order valence-electron chi connectivity index (χ1n) is 9.73. The predicted molar refractivity (Wildman–Crippen MR) is 116 cm³/mol. The van der Waals surface area contributed by atoms with Crippen LogP contribution in [0.1, 0.15) is 45.5 Å². The highest BCUT2D eigenvalue weighted by Gasteiger charge is 2.15. The summed E-state index contributed by atoms with van der Waals surface area (Å²) in [7, 11) is 0. The first-order valence-corrected chi connectivity index (χ1v) is 9.73. The minimum absolute atomic E-state index is 0.0151. The molecule has 0 unspecified atom stereocenters. The molecular formula is C25H23NO4. The lowest BCUT2D eigenvalue weighted by Crippen LogP contribution is -2.16. The van der Waals surface area contributed by atoms with Crippen LogP contribution in [0.2, 0.25) is 0 Å². The highest BCUT2D eigenvalue weighted by Crippen LogP contribution is 2.19. The van der Waals surface area contributed by atoms with Gasteiger partial charge in [0.15, 0.2) is 12.4 Å². The minimum atomic E-state index is -0.411. The SMILES string of the molecule is C[C@H](CC(=O)OCC(=O)c1ccc(NC(=O)c2ccccc2)cc1)c1ccccc1. The number of carbonyl (C=O) groups excluding carboxylic acids is 3. The Morgan fingerprint density at radius 3 is 2.03 bits per heavy atom. The maximum absolute atomic E-state index is 12.3. The van der Waals surface area contributed by atoms with Crippen LogP contribution in [0.25, 0.3) is 0 Å². The van der Waals surface area contributed by atoms with Gasteiger partial charge < -0.3 is 10.1 Å². The number of nitrogens with one attached hydrogen (secondary N) is 1. The largest absolute Gasteiger partial charge is 0.457 e. The second kappa shape index (κ2) is 10.2. The van der Waals surface area contributed by atoms with E-state index in [4.69, 9.17) is 4.74 Å². The van der Waals surface area contributed by atoms with Crippen LogP contribution >= 0.6 is 0 Å². The summed E-state index contributed by atoms with van der Waals surface area (Å²) in [6.07, 6.45) is 0.210. The Morgan fingerprint density at radius 2 is 1.40 bits per heavy atom. The van der Waals surface area contributed by atoms with Crippen LogP contribution < -0.4 is 5.32 Å². The summed E-state index contributed by atoms with van der Waals surface area (Å²) in [5.41, 5.74) is 2.59. The Bertz CT molecular complexity index is 998. The Morgan fingerprint density at radius 1 is 0.800 bits per heavy atom. The number of benzene rings is 3. The number of hydrogen-bond acceptors (Lipinski definition) is 4. The van der Waals surface area contributed by atoms with E-state index < -0.39 is 5.97 Å². The van der Waals surface area contributed by atoms with Gasteiger partial charge in [0.05, 0.1) is 6.42 Å². The summed E-state index contributed by atoms with van der Waals surface area (Å²) >= 11 is 0. The Labute approximate surface area is 175 Å². The molecule has 1 atom stereocenters. The van der Waals surface area contributed by atoms with E-state index in [1.807, 2.05) is 43.3 Å². The molecule has 5 heteroatoms. The fraction of sp³-hybridized carbons (Fsp3) is 0.160. The molecule has 3 aromatic carbocycles. The molecule has 3 rings (SSSR count). The van der Waals surface area contributed by atoms with E-state index in [0.29, 0.717) is 16.8 Å². The number of Topliss-reactive ketones (excluding diaryl/α,β-unsaturated/α-hetero) is 1. The van der Waals surface area contributed by atoms with E-state index in [1.54, 1.807) is 48.5 Å². The fourth-order valence-corrected chi connectivity index (χ4v) is 2.97. The van der Waals surface area contributed by atoms with Crippen LogP contribution in [0.4, 0.5) is 5.69 Å². The third-order valence-electron chi connectivity index (χ3n) is 4.71. The van der Waals surface area contributed by atoms with Gasteiger partial charge in [0, 0.05) is 16.8 Å². The molecule has 1 amide bonds. The van der Waals surface area contributed by atoms with E-state index in [-0.39, 0.29) is 30.6 Å². The lowest BCUT2D eigenvalue weighted by atomic mass is 9.98. The van der Waals surface area contributed by atoms with Crippen LogP contribution in [-0.2, 0) is 9.53 Å². The number of ether oxygens (including phenoxy) is 1. The molecule has 152 valence electrons. The van der Waals surface area contributed by atoms with Crippen LogP contribution in [-0.4, -0.2) is 24.3 Å². The van der Waals surface area contributed by atoms with Crippen LogP contribution in [0.3, 0.4) is 0 Å². The molecule has 0 saturated heterocycles. The smallest absolute Gasteiger partial charge is 0.306 e. The number of amides is 1. The summed E-state index contributed by atoms with van der Waals surface area (Å²) < 4.78 is 5.14. The van der Waals surface area contributed by atoms with Crippen LogP contribution in [0.15, 0.2) is 84.9 Å². The van der Waals surface area contributed by atoms with Crippen LogP contribution in [0, 0.1) is 0 Å². The normalized spacial score (nSPS) is 11.4. The summed E-state index contributed by atoms with van der Waals surface area (Å²) in [4.78, 5) is 36.5. The lowest BCUT2D eigenvalue weighted by molar-refractivity contribution is -0.142.